The molecule has 0 bridgehead atoms. The van der Waals surface area contributed by atoms with E-state index in [4.69, 9.17) is 11.6 Å². The van der Waals surface area contributed by atoms with Crippen molar-refractivity contribution in [2.24, 2.45) is 0 Å². The number of halogens is 1. The monoisotopic (exact) mass is 388 g/mol. The highest BCUT2D eigenvalue weighted by atomic mass is 35.5. The third-order valence-corrected chi connectivity index (χ3v) is 5.80. The van der Waals surface area contributed by atoms with Gasteiger partial charge >= 0.3 is 0 Å². The van der Waals surface area contributed by atoms with E-state index in [9.17, 15) is 9.59 Å². The molecule has 0 N–H and O–H groups in total. The van der Waals surface area contributed by atoms with Crippen LogP contribution in [0.25, 0.3) is 10.8 Å². The van der Waals surface area contributed by atoms with Crippen molar-refractivity contribution in [3.8, 4) is 0 Å². The Labute approximate surface area is 167 Å². The molecule has 0 spiro atoms. The molecule has 28 heavy (non-hydrogen) atoms. The van der Waals surface area contributed by atoms with Crippen molar-refractivity contribution < 1.29 is 9.59 Å². The molecule has 0 fully saturated rings. The summed E-state index contributed by atoms with van der Waals surface area (Å²) in [6.45, 7) is 1.23. The second-order valence-electron chi connectivity index (χ2n) is 7.05. The van der Waals surface area contributed by atoms with Crippen LogP contribution in [0.15, 0.2) is 77.5 Å². The van der Waals surface area contributed by atoms with Crippen LogP contribution in [-0.4, -0.2) is 23.3 Å². The summed E-state index contributed by atoms with van der Waals surface area (Å²) < 4.78 is 0. The van der Waals surface area contributed by atoms with Crippen molar-refractivity contribution in [2.75, 3.05) is 11.4 Å². The molecule has 0 saturated carbocycles. The number of hydrogen-bond donors (Lipinski definition) is 0. The van der Waals surface area contributed by atoms with Crippen molar-refractivity contribution in [3.05, 3.63) is 88.6 Å². The van der Waals surface area contributed by atoms with Gasteiger partial charge in [-0.2, -0.15) is 0 Å². The summed E-state index contributed by atoms with van der Waals surface area (Å²) in [7, 11) is 0. The van der Waals surface area contributed by atoms with Crippen LogP contribution in [0.5, 0.6) is 0 Å². The minimum Gasteiger partial charge on any atom is -0.361 e. The van der Waals surface area contributed by atoms with Crippen LogP contribution in [0.4, 0.5) is 5.69 Å². The number of hydrogen-bond acceptors (Lipinski definition) is 3. The van der Waals surface area contributed by atoms with Gasteiger partial charge in [-0.1, -0.05) is 72.3 Å². The largest absolute Gasteiger partial charge is 0.361 e. The average molecular weight is 389 g/mol. The summed E-state index contributed by atoms with van der Waals surface area (Å²) >= 11 is 6.41. The van der Waals surface area contributed by atoms with Crippen LogP contribution < -0.4 is 4.90 Å². The van der Waals surface area contributed by atoms with Crippen LogP contribution in [0, 0.1) is 0 Å². The van der Waals surface area contributed by atoms with Gasteiger partial charge in [0, 0.05) is 18.5 Å². The van der Waals surface area contributed by atoms with Crippen molar-refractivity contribution in [1.82, 2.24) is 4.90 Å². The standard InChI is InChI=1S/C23H17ClN2O2/c24-20-21(25-13-12-15-6-1-2-8-17(15)14-25)23(28)26(22(20)27)19-11-5-9-16-7-3-4-10-18(16)19/h1-11H,12-14H2. The van der Waals surface area contributed by atoms with E-state index in [1.54, 1.807) is 6.07 Å². The van der Waals surface area contributed by atoms with E-state index in [-0.39, 0.29) is 10.9 Å². The molecule has 2 aliphatic heterocycles. The van der Waals surface area contributed by atoms with E-state index in [0.29, 0.717) is 24.5 Å². The molecule has 5 heteroatoms. The molecular weight excluding hydrogens is 372 g/mol. The molecule has 0 unspecified atom stereocenters. The summed E-state index contributed by atoms with van der Waals surface area (Å²) in [6, 6.07) is 21.5. The molecule has 4 nitrogen and oxygen atoms in total. The maximum Gasteiger partial charge on any atom is 0.283 e. The average Bonchev–Trinajstić information content (AvgIpc) is 2.95. The first-order chi connectivity index (χ1) is 13.6. The second-order valence-corrected chi connectivity index (χ2v) is 7.42. The maximum absolute atomic E-state index is 13.3. The van der Waals surface area contributed by atoms with Crippen LogP contribution in [0.3, 0.4) is 0 Å². The Morgan fingerprint density at radius 2 is 1.50 bits per heavy atom. The number of rotatable bonds is 2. The fourth-order valence-electron chi connectivity index (χ4n) is 4.07. The topological polar surface area (TPSA) is 40.6 Å². The molecule has 3 aromatic rings. The quantitative estimate of drug-likeness (QED) is 0.617. The molecule has 0 aliphatic carbocycles. The van der Waals surface area contributed by atoms with Crippen molar-refractivity contribution in [1.29, 1.82) is 0 Å². The zero-order valence-electron chi connectivity index (χ0n) is 15.1. The first-order valence-electron chi connectivity index (χ1n) is 9.23. The van der Waals surface area contributed by atoms with E-state index in [1.165, 1.54) is 10.5 Å². The highest BCUT2D eigenvalue weighted by Crippen LogP contribution is 2.36. The van der Waals surface area contributed by atoms with Gasteiger partial charge in [-0.25, -0.2) is 4.90 Å². The highest BCUT2D eigenvalue weighted by molar-refractivity contribution is 6.53. The first kappa shape index (κ1) is 17.0. The molecule has 138 valence electrons. The Kier molecular flexibility index (Phi) is 3.95. The summed E-state index contributed by atoms with van der Waals surface area (Å²) in [6.07, 6.45) is 0.819. The number of carbonyl (C=O) groups is 2. The first-order valence-corrected chi connectivity index (χ1v) is 9.61. The molecule has 3 aromatic carbocycles. The van der Waals surface area contributed by atoms with E-state index < -0.39 is 5.91 Å². The van der Waals surface area contributed by atoms with E-state index in [1.807, 2.05) is 53.4 Å². The van der Waals surface area contributed by atoms with Gasteiger partial charge in [-0.05, 0) is 29.0 Å². The molecule has 2 amide bonds. The lowest BCUT2D eigenvalue weighted by atomic mass is 9.99. The SMILES string of the molecule is O=C1C(Cl)=C(N2CCc3ccccc3C2)C(=O)N1c1cccc2ccccc12. The zero-order chi connectivity index (χ0) is 19.3. The second kappa shape index (κ2) is 6.50. The predicted molar refractivity (Wildman–Crippen MR) is 110 cm³/mol. The summed E-state index contributed by atoms with van der Waals surface area (Å²) in [5.74, 6) is -0.817. The van der Waals surface area contributed by atoms with E-state index in [0.717, 1.165) is 22.8 Å². The number of anilines is 1. The lowest BCUT2D eigenvalue weighted by molar-refractivity contribution is -0.121. The van der Waals surface area contributed by atoms with Gasteiger partial charge in [-0.15, -0.1) is 0 Å². The van der Waals surface area contributed by atoms with E-state index in [2.05, 4.69) is 12.1 Å². The normalized spacial score (nSPS) is 16.9. The molecule has 0 radical (unpaired) electrons. The molecular formula is C23H17ClN2O2. The lowest BCUT2D eigenvalue weighted by Crippen LogP contribution is -2.37. The number of nitrogens with zero attached hydrogens (tertiary/aromatic N) is 2. The van der Waals surface area contributed by atoms with Crippen LogP contribution in [0.1, 0.15) is 11.1 Å². The van der Waals surface area contributed by atoms with Crippen molar-refractivity contribution >= 4 is 39.9 Å². The zero-order valence-corrected chi connectivity index (χ0v) is 15.8. The Balaban J connectivity index is 1.54. The highest BCUT2D eigenvalue weighted by Gasteiger charge is 2.42. The number of fused-ring (bicyclic) bond motifs is 2. The van der Waals surface area contributed by atoms with Gasteiger partial charge in [0.1, 0.15) is 10.7 Å². The summed E-state index contributed by atoms with van der Waals surface area (Å²) in [5, 5.41) is 1.82. The summed E-state index contributed by atoms with van der Waals surface area (Å²) in [4.78, 5) is 29.4. The molecule has 0 atom stereocenters. The van der Waals surface area contributed by atoms with Crippen LogP contribution in [-0.2, 0) is 22.6 Å². The molecule has 2 aliphatic rings. The fraction of sp³-hybridized carbons (Fsp3) is 0.130. The van der Waals surface area contributed by atoms with Gasteiger partial charge < -0.3 is 4.90 Å². The number of benzene rings is 3. The Hall–Kier alpha value is -3.11. The van der Waals surface area contributed by atoms with Crippen molar-refractivity contribution in [3.63, 3.8) is 0 Å². The predicted octanol–water partition coefficient (Wildman–Crippen LogP) is 4.22. The fourth-order valence-corrected chi connectivity index (χ4v) is 4.36. The lowest BCUT2D eigenvalue weighted by Gasteiger charge is -2.31. The van der Waals surface area contributed by atoms with Gasteiger partial charge in [0.2, 0.25) is 0 Å². The van der Waals surface area contributed by atoms with Crippen molar-refractivity contribution in [2.45, 2.75) is 13.0 Å². The van der Waals surface area contributed by atoms with Crippen LogP contribution >= 0.6 is 11.6 Å². The number of carbonyl (C=O) groups excluding carboxylic acids is 2. The minimum absolute atomic E-state index is 0.00249. The van der Waals surface area contributed by atoms with Gasteiger partial charge in [0.25, 0.3) is 11.8 Å². The van der Waals surface area contributed by atoms with Gasteiger partial charge in [-0.3, -0.25) is 9.59 Å². The third-order valence-electron chi connectivity index (χ3n) is 5.46. The van der Waals surface area contributed by atoms with E-state index >= 15 is 0 Å². The summed E-state index contributed by atoms with van der Waals surface area (Å²) in [5.41, 5.74) is 3.31. The van der Waals surface area contributed by atoms with Gasteiger partial charge in [0.05, 0.1) is 5.69 Å². The third kappa shape index (κ3) is 2.53. The molecule has 5 rings (SSSR count). The van der Waals surface area contributed by atoms with Gasteiger partial charge in [0.15, 0.2) is 0 Å². The molecule has 2 heterocycles. The smallest absolute Gasteiger partial charge is 0.283 e. The van der Waals surface area contributed by atoms with Crippen LogP contribution in [0.2, 0.25) is 0 Å². The Morgan fingerprint density at radius 3 is 2.36 bits per heavy atom. The molecule has 0 aromatic heterocycles. The number of amides is 2. The Morgan fingerprint density at radius 1 is 0.786 bits per heavy atom. The minimum atomic E-state index is -0.461. The maximum atomic E-state index is 13.3. The Bertz CT molecular complexity index is 1160. The number of imide groups is 1. The molecule has 0 saturated heterocycles.